The molecule has 2 fully saturated rings. The lowest BCUT2D eigenvalue weighted by Gasteiger charge is -2.39. The Hall–Kier alpha value is -1.90. The van der Waals surface area contributed by atoms with E-state index in [-0.39, 0.29) is 30.0 Å². The van der Waals surface area contributed by atoms with Crippen molar-refractivity contribution in [2.24, 2.45) is 11.7 Å². The SMILES string of the molecule is CCOc1cccc(F)c1CN1CCN(C(=O)[C@H](N)C2CCN(CCc3ccccc3Cl)CC2)CC1.Cl. The third-order valence-corrected chi connectivity index (χ3v) is 7.89. The predicted molar refractivity (Wildman–Crippen MR) is 149 cm³/mol. The molecule has 9 heteroatoms. The first-order valence-electron chi connectivity index (χ1n) is 13.1. The molecule has 2 aromatic rings. The summed E-state index contributed by atoms with van der Waals surface area (Å²) in [6.07, 6.45) is 2.80. The molecule has 0 radical (unpaired) electrons. The molecule has 0 bridgehead atoms. The topological polar surface area (TPSA) is 62.0 Å². The lowest BCUT2D eigenvalue weighted by atomic mass is 9.88. The molecule has 0 aliphatic carbocycles. The molecule has 0 saturated carbocycles. The Morgan fingerprint density at radius 2 is 1.76 bits per heavy atom. The quantitative estimate of drug-likeness (QED) is 0.504. The molecular formula is C28H39Cl2FN4O2. The molecule has 2 aliphatic heterocycles. The highest BCUT2D eigenvalue weighted by Gasteiger charge is 2.33. The van der Waals surface area contributed by atoms with Crippen molar-refractivity contribution < 1.29 is 13.9 Å². The number of carbonyl (C=O) groups excluding carboxylic acids is 1. The number of nitrogens with zero attached hydrogens (tertiary/aromatic N) is 3. The van der Waals surface area contributed by atoms with Crippen LogP contribution in [-0.4, -0.2) is 79.1 Å². The van der Waals surface area contributed by atoms with E-state index < -0.39 is 6.04 Å². The number of likely N-dealkylation sites (tertiary alicyclic amines) is 1. The molecule has 2 N–H and O–H groups in total. The van der Waals surface area contributed by atoms with Gasteiger partial charge in [-0.15, -0.1) is 12.4 Å². The summed E-state index contributed by atoms with van der Waals surface area (Å²) in [4.78, 5) is 19.7. The summed E-state index contributed by atoms with van der Waals surface area (Å²) in [5.74, 6) is 0.597. The molecule has 37 heavy (non-hydrogen) atoms. The van der Waals surface area contributed by atoms with Gasteiger partial charge >= 0.3 is 0 Å². The van der Waals surface area contributed by atoms with E-state index in [1.54, 1.807) is 6.07 Å². The first kappa shape index (κ1) is 29.7. The number of hydrogen-bond donors (Lipinski definition) is 1. The lowest BCUT2D eigenvalue weighted by molar-refractivity contribution is -0.136. The average molecular weight is 554 g/mol. The fourth-order valence-electron chi connectivity index (χ4n) is 5.26. The van der Waals surface area contributed by atoms with Crippen molar-refractivity contribution in [3.05, 3.63) is 64.4 Å². The number of piperazine rings is 1. The van der Waals surface area contributed by atoms with Gasteiger partial charge in [-0.2, -0.15) is 0 Å². The summed E-state index contributed by atoms with van der Waals surface area (Å²) >= 11 is 6.29. The third kappa shape index (κ3) is 7.80. The zero-order chi connectivity index (χ0) is 25.5. The fraction of sp³-hybridized carbons (Fsp3) is 0.536. The van der Waals surface area contributed by atoms with E-state index in [0.717, 1.165) is 43.9 Å². The van der Waals surface area contributed by atoms with E-state index in [1.165, 1.54) is 11.6 Å². The summed E-state index contributed by atoms with van der Waals surface area (Å²) in [5, 5.41) is 0.823. The minimum Gasteiger partial charge on any atom is -0.493 e. The van der Waals surface area contributed by atoms with Gasteiger partial charge in [0.1, 0.15) is 11.6 Å². The molecule has 6 nitrogen and oxygen atoms in total. The molecule has 2 aromatic carbocycles. The maximum absolute atomic E-state index is 14.4. The summed E-state index contributed by atoms with van der Waals surface area (Å²) in [7, 11) is 0. The van der Waals surface area contributed by atoms with Crippen LogP contribution in [0.4, 0.5) is 4.39 Å². The van der Waals surface area contributed by atoms with Crippen molar-refractivity contribution in [3.8, 4) is 5.75 Å². The number of carbonyl (C=O) groups is 1. The standard InChI is InChI=1S/C28H38ClFN4O2.ClH/c1-2-36-26-9-5-8-25(30)23(26)20-33-16-18-34(19-17-33)28(35)27(31)22-11-14-32(15-12-22)13-10-21-6-3-4-7-24(21)29;/h3-9,22,27H,2,10-20,31H2,1H3;1H/t27-;/m1./s1. The van der Waals surface area contributed by atoms with Crippen molar-refractivity contribution in [2.75, 3.05) is 52.4 Å². The molecule has 2 saturated heterocycles. The number of amides is 1. The van der Waals surface area contributed by atoms with Crippen molar-refractivity contribution in [2.45, 2.75) is 38.8 Å². The van der Waals surface area contributed by atoms with Crippen molar-refractivity contribution in [1.29, 1.82) is 0 Å². The van der Waals surface area contributed by atoms with E-state index in [0.29, 0.717) is 50.6 Å². The molecule has 1 amide bonds. The highest BCUT2D eigenvalue weighted by atomic mass is 35.5. The lowest BCUT2D eigenvalue weighted by Crippen LogP contribution is -2.55. The number of rotatable bonds is 9. The average Bonchev–Trinajstić information content (AvgIpc) is 2.90. The van der Waals surface area contributed by atoms with Gasteiger partial charge in [0.2, 0.25) is 5.91 Å². The van der Waals surface area contributed by atoms with Crippen LogP contribution in [0, 0.1) is 11.7 Å². The highest BCUT2D eigenvalue weighted by molar-refractivity contribution is 6.31. The molecule has 204 valence electrons. The number of halogens is 3. The van der Waals surface area contributed by atoms with E-state index in [4.69, 9.17) is 22.1 Å². The Labute approximate surface area is 231 Å². The molecular weight excluding hydrogens is 514 g/mol. The predicted octanol–water partition coefficient (Wildman–Crippen LogP) is 4.23. The van der Waals surface area contributed by atoms with E-state index >= 15 is 0 Å². The van der Waals surface area contributed by atoms with Crippen LogP contribution >= 0.6 is 24.0 Å². The Balaban J connectivity index is 0.00000380. The van der Waals surface area contributed by atoms with E-state index in [9.17, 15) is 9.18 Å². The zero-order valence-electron chi connectivity index (χ0n) is 21.6. The van der Waals surface area contributed by atoms with Crippen molar-refractivity contribution in [3.63, 3.8) is 0 Å². The number of benzene rings is 2. The first-order valence-corrected chi connectivity index (χ1v) is 13.5. The molecule has 0 aromatic heterocycles. The smallest absolute Gasteiger partial charge is 0.239 e. The van der Waals surface area contributed by atoms with Gasteiger partial charge in [0, 0.05) is 49.9 Å². The number of piperidine rings is 1. The molecule has 2 heterocycles. The minimum atomic E-state index is -0.460. The number of hydrogen-bond acceptors (Lipinski definition) is 5. The normalized spacial score (nSPS) is 18.3. The Bertz CT molecular complexity index is 1010. The van der Waals surface area contributed by atoms with Crippen LogP contribution in [0.15, 0.2) is 42.5 Å². The Morgan fingerprint density at radius 3 is 2.43 bits per heavy atom. The second-order valence-corrected chi connectivity index (χ2v) is 10.2. The van der Waals surface area contributed by atoms with Gasteiger partial charge in [-0.25, -0.2) is 4.39 Å². The maximum Gasteiger partial charge on any atom is 0.239 e. The fourth-order valence-corrected chi connectivity index (χ4v) is 5.49. The number of ether oxygens (including phenoxy) is 1. The van der Waals surface area contributed by atoms with Crippen LogP contribution in [0.3, 0.4) is 0 Å². The summed E-state index contributed by atoms with van der Waals surface area (Å²) in [5.41, 5.74) is 8.24. The Kier molecular flexibility index (Phi) is 11.5. The van der Waals surface area contributed by atoms with Gasteiger partial charge < -0.3 is 20.3 Å². The van der Waals surface area contributed by atoms with Crippen LogP contribution in [0.1, 0.15) is 30.9 Å². The maximum atomic E-state index is 14.4. The van der Waals surface area contributed by atoms with Gasteiger partial charge in [0.25, 0.3) is 0 Å². The van der Waals surface area contributed by atoms with Crippen molar-refractivity contribution >= 4 is 29.9 Å². The molecule has 0 spiro atoms. The minimum absolute atomic E-state index is 0. The molecule has 2 aliphatic rings. The van der Waals surface area contributed by atoms with Gasteiger partial charge in [0.15, 0.2) is 0 Å². The van der Waals surface area contributed by atoms with Gasteiger partial charge in [0.05, 0.1) is 12.6 Å². The van der Waals surface area contributed by atoms with Crippen LogP contribution in [-0.2, 0) is 17.8 Å². The van der Waals surface area contributed by atoms with Gasteiger partial charge in [-0.05, 0) is 69.0 Å². The summed E-state index contributed by atoms with van der Waals surface area (Å²) < 4.78 is 20.0. The molecule has 0 unspecified atom stereocenters. The van der Waals surface area contributed by atoms with Crippen molar-refractivity contribution in [1.82, 2.24) is 14.7 Å². The highest BCUT2D eigenvalue weighted by Crippen LogP contribution is 2.25. The second kappa shape index (κ2) is 14.3. The summed E-state index contributed by atoms with van der Waals surface area (Å²) in [6.45, 7) is 8.35. The van der Waals surface area contributed by atoms with E-state index in [2.05, 4.69) is 15.9 Å². The Morgan fingerprint density at radius 1 is 1.05 bits per heavy atom. The second-order valence-electron chi connectivity index (χ2n) is 9.80. The van der Waals surface area contributed by atoms with Crippen LogP contribution in [0.25, 0.3) is 0 Å². The van der Waals surface area contributed by atoms with Crippen LogP contribution < -0.4 is 10.5 Å². The monoisotopic (exact) mass is 552 g/mol. The van der Waals surface area contributed by atoms with Gasteiger partial charge in [-0.3, -0.25) is 9.69 Å². The van der Waals surface area contributed by atoms with Crippen LogP contribution in [0.2, 0.25) is 5.02 Å². The number of nitrogens with two attached hydrogens (primary N) is 1. The zero-order valence-corrected chi connectivity index (χ0v) is 23.2. The summed E-state index contributed by atoms with van der Waals surface area (Å²) in [6, 6.07) is 12.5. The molecule has 1 atom stereocenters. The first-order chi connectivity index (χ1) is 17.5. The van der Waals surface area contributed by atoms with E-state index in [1.807, 2.05) is 36.1 Å². The largest absolute Gasteiger partial charge is 0.493 e. The van der Waals surface area contributed by atoms with Gasteiger partial charge in [-0.1, -0.05) is 35.9 Å². The van der Waals surface area contributed by atoms with Crippen LogP contribution in [0.5, 0.6) is 5.75 Å². The third-order valence-electron chi connectivity index (χ3n) is 7.52. The molecule has 4 rings (SSSR count).